The normalized spacial score (nSPS) is 33.7. The Morgan fingerprint density at radius 1 is 1.32 bits per heavy atom. The molecular weight excluding hydrogens is 236 g/mol. The van der Waals surface area contributed by atoms with Gasteiger partial charge in [0.1, 0.15) is 0 Å². The van der Waals surface area contributed by atoms with E-state index < -0.39 is 5.60 Å². The third-order valence-corrected chi connectivity index (χ3v) is 4.70. The Balaban J connectivity index is 1.99. The van der Waals surface area contributed by atoms with Crippen molar-refractivity contribution < 1.29 is 5.11 Å². The van der Waals surface area contributed by atoms with E-state index in [0.29, 0.717) is 17.6 Å². The zero-order valence-corrected chi connectivity index (χ0v) is 11.3. The van der Waals surface area contributed by atoms with E-state index in [1.54, 1.807) is 0 Å². The highest BCUT2D eigenvalue weighted by molar-refractivity contribution is 5.44. The summed E-state index contributed by atoms with van der Waals surface area (Å²) < 4.78 is 0. The lowest BCUT2D eigenvalue weighted by Gasteiger charge is -2.46. The number of nitrogens with zero attached hydrogens (tertiary/aromatic N) is 1. The first kappa shape index (κ1) is 12.7. The van der Waals surface area contributed by atoms with Crippen LogP contribution in [0.15, 0.2) is 18.2 Å². The van der Waals surface area contributed by atoms with Gasteiger partial charge in [0.05, 0.1) is 17.2 Å². The number of rotatable bonds is 1. The van der Waals surface area contributed by atoms with Gasteiger partial charge in [0.2, 0.25) is 0 Å². The van der Waals surface area contributed by atoms with Gasteiger partial charge in [-0.15, -0.1) is 0 Å². The zero-order valence-electron chi connectivity index (χ0n) is 11.3. The minimum atomic E-state index is -0.766. The first-order chi connectivity index (χ1) is 9.12. The van der Waals surface area contributed by atoms with Gasteiger partial charge in [-0.25, -0.2) is 0 Å². The third kappa shape index (κ3) is 2.16. The number of benzene rings is 1. The number of fused-ring (bicyclic) bond motifs is 2. The SMILES string of the molecule is Cc1c(C#N)cccc1C1(O)CC2CCCC(C1)N2. The molecule has 2 aliphatic heterocycles. The van der Waals surface area contributed by atoms with Crippen molar-refractivity contribution in [1.82, 2.24) is 5.32 Å². The summed E-state index contributed by atoms with van der Waals surface area (Å²) >= 11 is 0. The maximum atomic E-state index is 11.1. The highest BCUT2D eigenvalue weighted by Crippen LogP contribution is 2.41. The predicted molar refractivity (Wildman–Crippen MR) is 73.6 cm³/mol. The molecule has 3 heteroatoms. The van der Waals surface area contributed by atoms with E-state index in [2.05, 4.69) is 11.4 Å². The van der Waals surface area contributed by atoms with Crippen molar-refractivity contribution in [1.29, 1.82) is 5.26 Å². The second-order valence-corrected chi connectivity index (χ2v) is 6.02. The van der Waals surface area contributed by atoms with Gasteiger partial charge < -0.3 is 10.4 Å². The van der Waals surface area contributed by atoms with Crippen LogP contribution in [-0.2, 0) is 5.60 Å². The average molecular weight is 256 g/mol. The van der Waals surface area contributed by atoms with Gasteiger partial charge in [-0.05, 0) is 49.8 Å². The highest BCUT2D eigenvalue weighted by atomic mass is 16.3. The molecule has 2 atom stereocenters. The zero-order chi connectivity index (χ0) is 13.5. The van der Waals surface area contributed by atoms with Crippen LogP contribution in [0.3, 0.4) is 0 Å². The van der Waals surface area contributed by atoms with Gasteiger partial charge in [-0.1, -0.05) is 18.6 Å². The number of hydrogen-bond donors (Lipinski definition) is 2. The molecule has 0 aromatic heterocycles. The topological polar surface area (TPSA) is 56.0 Å². The molecule has 2 unspecified atom stereocenters. The maximum absolute atomic E-state index is 11.1. The summed E-state index contributed by atoms with van der Waals surface area (Å²) in [6, 6.07) is 8.75. The summed E-state index contributed by atoms with van der Waals surface area (Å²) in [5.41, 5.74) is 1.80. The molecular formula is C16H20N2O. The van der Waals surface area contributed by atoms with E-state index in [-0.39, 0.29) is 0 Å². The van der Waals surface area contributed by atoms with Crippen LogP contribution in [0.25, 0.3) is 0 Å². The molecule has 1 aromatic rings. The highest BCUT2D eigenvalue weighted by Gasteiger charge is 2.42. The van der Waals surface area contributed by atoms with Gasteiger partial charge in [0, 0.05) is 12.1 Å². The quantitative estimate of drug-likeness (QED) is 0.811. The van der Waals surface area contributed by atoms with Crippen molar-refractivity contribution in [3.05, 3.63) is 34.9 Å². The molecule has 2 fully saturated rings. The summed E-state index contributed by atoms with van der Waals surface area (Å²) in [6.07, 6.45) is 5.08. The predicted octanol–water partition coefficient (Wildman–Crippen LogP) is 2.36. The molecule has 0 saturated carbocycles. The number of piperidine rings is 2. The van der Waals surface area contributed by atoms with Crippen LogP contribution in [0.4, 0.5) is 0 Å². The van der Waals surface area contributed by atoms with Gasteiger partial charge in [0.15, 0.2) is 0 Å². The van der Waals surface area contributed by atoms with Gasteiger partial charge in [0.25, 0.3) is 0 Å². The maximum Gasteiger partial charge on any atom is 0.0994 e. The van der Waals surface area contributed by atoms with Crippen molar-refractivity contribution in [2.45, 2.75) is 56.7 Å². The summed E-state index contributed by atoms with van der Waals surface area (Å²) in [6.45, 7) is 1.95. The van der Waals surface area contributed by atoms with E-state index in [4.69, 9.17) is 5.26 Å². The summed E-state index contributed by atoms with van der Waals surface area (Å²) in [7, 11) is 0. The van der Waals surface area contributed by atoms with E-state index in [0.717, 1.165) is 36.8 Å². The van der Waals surface area contributed by atoms with Crippen LogP contribution in [0.5, 0.6) is 0 Å². The number of nitriles is 1. The molecule has 2 bridgehead atoms. The lowest BCUT2D eigenvalue weighted by atomic mass is 9.72. The van der Waals surface area contributed by atoms with Crippen molar-refractivity contribution in [3.8, 4) is 6.07 Å². The molecule has 3 nitrogen and oxygen atoms in total. The van der Waals surface area contributed by atoms with E-state index in [9.17, 15) is 5.11 Å². The Bertz CT molecular complexity index is 520. The molecule has 0 aliphatic carbocycles. The number of hydrogen-bond acceptors (Lipinski definition) is 3. The smallest absolute Gasteiger partial charge is 0.0994 e. The summed E-state index contributed by atoms with van der Waals surface area (Å²) in [5.74, 6) is 0. The Hall–Kier alpha value is -1.37. The van der Waals surface area contributed by atoms with Crippen LogP contribution in [-0.4, -0.2) is 17.2 Å². The molecule has 0 radical (unpaired) electrons. The standard InChI is InChI=1S/C16H20N2O/c1-11-12(10-17)4-2-7-15(11)16(19)8-13-5-3-6-14(9-16)18-13/h2,4,7,13-14,18-19H,3,5-6,8-9H2,1H3. The van der Waals surface area contributed by atoms with E-state index >= 15 is 0 Å². The minimum absolute atomic E-state index is 0.419. The van der Waals surface area contributed by atoms with Gasteiger partial charge >= 0.3 is 0 Å². The fourth-order valence-electron chi connectivity index (χ4n) is 3.81. The Labute approximate surface area is 114 Å². The molecule has 2 N–H and O–H groups in total. The first-order valence-corrected chi connectivity index (χ1v) is 7.11. The number of aliphatic hydroxyl groups is 1. The Morgan fingerprint density at radius 2 is 2.00 bits per heavy atom. The molecule has 0 amide bonds. The summed E-state index contributed by atoms with van der Waals surface area (Å²) in [4.78, 5) is 0. The van der Waals surface area contributed by atoms with E-state index in [1.807, 2.05) is 25.1 Å². The largest absolute Gasteiger partial charge is 0.385 e. The fraction of sp³-hybridized carbons (Fsp3) is 0.562. The second-order valence-electron chi connectivity index (χ2n) is 6.02. The lowest BCUT2D eigenvalue weighted by molar-refractivity contribution is -0.0363. The fourth-order valence-corrected chi connectivity index (χ4v) is 3.81. The second kappa shape index (κ2) is 4.63. The monoisotopic (exact) mass is 256 g/mol. The van der Waals surface area contributed by atoms with E-state index in [1.165, 1.54) is 6.42 Å². The Morgan fingerprint density at radius 3 is 2.63 bits per heavy atom. The van der Waals surface area contributed by atoms with Crippen molar-refractivity contribution >= 4 is 0 Å². The first-order valence-electron chi connectivity index (χ1n) is 7.11. The molecule has 2 heterocycles. The van der Waals surface area contributed by atoms with Crippen molar-refractivity contribution in [3.63, 3.8) is 0 Å². The molecule has 2 aliphatic rings. The lowest BCUT2D eigenvalue weighted by Crippen LogP contribution is -2.54. The van der Waals surface area contributed by atoms with Gasteiger partial charge in [-0.2, -0.15) is 5.26 Å². The minimum Gasteiger partial charge on any atom is -0.385 e. The van der Waals surface area contributed by atoms with Gasteiger partial charge in [-0.3, -0.25) is 0 Å². The van der Waals surface area contributed by atoms with Crippen LogP contribution >= 0.6 is 0 Å². The number of nitrogens with one attached hydrogen (secondary N) is 1. The summed E-state index contributed by atoms with van der Waals surface area (Å²) in [5, 5.41) is 23.8. The van der Waals surface area contributed by atoms with Crippen molar-refractivity contribution in [2.75, 3.05) is 0 Å². The molecule has 0 spiro atoms. The molecule has 100 valence electrons. The van der Waals surface area contributed by atoms with Crippen LogP contribution in [0.1, 0.15) is 48.8 Å². The third-order valence-electron chi connectivity index (χ3n) is 4.70. The molecule has 2 saturated heterocycles. The van der Waals surface area contributed by atoms with Crippen molar-refractivity contribution in [2.24, 2.45) is 0 Å². The molecule has 1 aromatic carbocycles. The Kier molecular flexibility index (Phi) is 3.08. The average Bonchev–Trinajstić information content (AvgIpc) is 2.38. The van der Waals surface area contributed by atoms with Crippen LogP contribution in [0, 0.1) is 18.3 Å². The molecule has 19 heavy (non-hydrogen) atoms. The van der Waals surface area contributed by atoms with Crippen LogP contribution < -0.4 is 5.32 Å². The molecule has 3 rings (SSSR count). The van der Waals surface area contributed by atoms with Crippen LogP contribution in [0.2, 0.25) is 0 Å².